The molecular weight excluding hydrogens is 100 g/mol. The molecule has 37 valence electrons. The maximum atomic E-state index is 9.86. The molecule has 1 saturated heterocycles. The van der Waals surface area contributed by atoms with Crippen molar-refractivity contribution in [3.8, 4) is 0 Å². The molecule has 6 heavy (non-hydrogen) atoms. The van der Waals surface area contributed by atoms with Gasteiger partial charge in [-0.1, -0.05) is 11.7 Å². The maximum absolute atomic E-state index is 9.86. The lowest BCUT2D eigenvalue weighted by molar-refractivity contribution is 0.0446. The Bertz CT molecular complexity index is 59.8. The predicted octanol–water partition coefficient (Wildman–Crippen LogP) is -0.937. The van der Waals surface area contributed by atoms with Crippen LogP contribution in [0.15, 0.2) is 0 Å². The molecule has 0 amide bonds. The summed E-state index contributed by atoms with van der Waals surface area (Å²) in [5.41, 5.74) is 0. The highest BCUT2D eigenvalue weighted by Crippen LogP contribution is 1.99. The minimum Gasteiger partial charge on any atom is -0.379 e. The van der Waals surface area contributed by atoms with Crippen molar-refractivity contribution in [2.24, 2.45) is 0 Å². The van der Waals surface area contributed by atoms with Crippen molar-refractivity contribution in [3.63, 3.8) is 0 Å². The first kappa shape index (κ1) is 4.27. The topological polar surface area (TPSA) is 26.3 Å². The van der Waals surface area contributed by atoms with Crippen LogP contribution in [-0.2, 0) is 16.4 Å². The van der Waals surface area contributed by atoms with Gasteiger partial charge in [0.15, 0.2) is 0 Å². The van der Waals surface area contributed by atoms with E-state index >= 15 is 0 Å². The summed E-state index contributed by atoms with van der Waals surface area (Å²) in [6.45, 7) is 1.42. The molecule has 0 N–H and O–H groups in total. The third-order valence-electron chi connectivity index (χ3n) is 0.805. The van der Waals surface area contributed by atoms with Crippen LogP contribution in [0.3, 0.4) is 0 Å². The Morgan fingerprint density at radius 2 is 2.33 bits per heavy atom. The second-order valence-corrected chi connectivity index (χ2v) is 2.40. The van der Waals surface area contributed by atoms with Crippen LogP contribution in [0.4, 0.5) is 0 Å². The van der Waals surface area contributed by atoms with Gasteiger partial charge in [-0.05, 0) is 0 Å². The lowest BCUT2D eigenvalue weighted by Crippen LogP contribution is -2.32. The van der Waals surface area contributed by atoms with Gasteiger partial charge in [0.1, 0.15) is 0 Å². The van der Waals surface area contributed by atoms with Gasteiger partial charge in [0, 0.05) is 0 Å². The monoisotopic (exact) mass is 107 g/mol. The highest BCUT2D eigenvalue weighted by molar-refractivity contribution is 7.66. The molecule has 0 saturated carbocycles. The van der Waals surface area contributed by atoms with Crippen molar-refractivity contribution in [2.75, 3.05) is 13.2 Å². The van der Waals surface area contributed by atoms with E-state index in [2.05, 4.69) is 0 Å². The quantitative estimate of drug-likeness (QED) is 0.432. The predicted molar refractivity (Wildman–Crippen MR) is 25.5 cm³/mol. The van der Waals surface area contributed by atoms with Crippen LogP contribution < -0.4 is 0 Å². The highest BCUT2D eigenvalue weighted by Gasteiger charge is 2.14. The molecule has 1 aliphatic rings. The fraction of sp³-hybridized carbons (Fsp3) is 1.00. The van der Waals surface area contributed by atoms with Crippen LogP contribution >= 0.6 is 0 Å². The van der Waals surface area contributed by atoms with Crippen molar-refractivity contribution in [2.45, 2.75) is 5.25 Å². The zero-order valence-corrected chi connectivity index (χ0v) is 4.31. The van der Waals surface area contributed by atoms with E-state index in [1.165, 1.54) is 0 Å². The molecular formula is C3H7O2S. The fourth-order valence-corrected chi connectivity index (χ4v) is 0.676. The summed E-state index contributed by atoms with van der Waals surface area (Å²) in [5.74, 6) is 0. The first-order chi connectivity index (χ1) is 2.93. The molecule has 0 bridgehead atoms. The number of hydrogen-bond donors (Lipinski definition) is 0. The molecule has 0 aromatic heterocycles. The summed E-state index contributed by atoms with van der Waals surface area (Å²) in [5, 5.41) is 0.366. The van der Waals surface area contributed by atoms with E-state index < -0.39 is 0 Å². The van der Waals surface area contributed by atoms with Crippen molar-refractivity contribution in [3.05, 3.63) is 0 Å². The second kappa shape index (κ2) is 1.71. The summed E-state index contributed by atoms with van der Waals surface area (Å²) >= 11 is -0.157. The van der Waals surface area contributed by atoms with Gasteiger partial charge in [-0.2, -0.15) is 0 Å². The minimum atomic E-state index is -0.157. The smallest absolute Gasteiger partial charge is 0.0657 e. The fourth-order valence-electron chi connectivity index (χ4n) is 0.304. The van der Waals surface area contributed by atoms with Crippen molar-refractivity contribution in [1.82, 2.24) is 0 Å². The van der Waals surface area contributed by atoms with E-state index in [-0.39, 0.29) is 11.7 Å². The second-order valence-electron chi connectivity index (χ2n) is 1.35. The van der Waals surface area contributed by atoms with Gasteiger partial charge in [0.05, 0.1) is 18.5 Å². The molecule has 0 spiro atoms. The lowest BCUT2D eigenvalue weighted by Gasteiger charge is -2.19. The lowest BCUT2D eigenvalue weighted by atomic mass is 10.4. The van der Waals surface area contributed by atoms with E-state index in [1.54, 1.807) is 0 Å². The summed E-state index contributed by atoms with van der Waals surface area (Å²) in [6, 6.07) is 0. The van der Waals surface area contributed by atoms with Crippen LogP contribution in [0.2, 0.25) is 0 Å². The molecule has 0 aromatic rings. The van der Waals surface area contributed by atoms with Crippen LogP contribution in [-0.4, -0.2) is 22.7 Å². The van der Waals surface area contributed by atoms with Gasteiger partial charge in [-0.15, -0.1) is 0 Å². The summed E-state index contributed by atoms with van der Waals surface area (Å²) in [7, 11) is 0. The normalized spacial score (nSPS) is 25.3. The number of ether oxygens (including phenoxy) is 1. The molecule has 1 heterocycles. The summed E-state index contributed by atoms with van der Waals surface area (Å²) in [6.07, 6.45) is 0. The Labute approximate surface area is 40.0 Å². The standard InChI is InChI=1S/C3H7O2S/c4-6-3-1-5-2-3/h3H,1-2,6H2. The average molecular weight is 107 g/mol. The Balaban J connectivity index is 2.16. The molecule has 2 nitrogen and oxygen atoms in total. The number of hydrogen-bond acceptors (Lipinski definition) is 2. The molecule has 0 atom stereocenters. The molecule has 1 aliphatic heterocycles. The van der Waals surface area contributed by atoms with Gasteiger partial charge < -0.3 is 4.74 Å². The average Bonchev–Trinajstić information content (AvgIpc) is 1.31. The zero-order chi connectivity index (χ0) is 4.41. The Hall–Kier alpha value is 0.110. The third-order valence-corrected chi connectivity index (χ3v) is 1.47. The van der Waals surface area contributed by atoms with Crippen LogP contribution in [0.1, 0.15) is 0 Å². The molecule has 1 fully saturated rings. The van der Waals surface area contributed by atoms with E-state index in [4.69, 9.17) is 4.74 Å². The molecule has 0 aromatic carbocycles. The third kappa shape index (κ3) is 0.604. The molecule has 3 heteroatoms. The SMILES string of the molecule is O=[SH2]C1COC1. The van der Waals surface area contributed by atoms with Gasteiger partial charge in [0.25, 0.3) is 0 Å². The van der Waals surface area contributed by atoms with Crippen LogP contribution in [0.25, 0.3) is 0 Å². The maximum Gasteiger partial charge on any atom is 0.0657 e. The minimum absolute atomic E-state index is 0.157. The van der Waals surface area contributed by atoms with Crippen molar-refractivity contribution in [1.29, 1.82) is 0 Å². The Morgan fingerprint density at radius 3 is 2.33 bits per heavy atom. The molecule has 0 aliphatic carbocycles. The van der Waals surface area contributed by atoms with Crippen LogP contribution in [0.5, 0.6) is 0 Å². The zero-order valence-electron chi connectivity index (χ0n) is 3.31. The molecule has 1 radical (unpaired) electrons. The van der Waals surface area contributed by atoms with E-state index in [0.29, 0.717) is 18.5 Å². The first-order valence-electron chi connectivity index (χ1n) is 1.89. The van der Waals surface area contributed by atoms with E-state index in [9.17, 15) is 4.21 Å². The largest absolute Gasteiger partial charge is 0.379 e. The molecule has 0 unspecified atom stereocenters. The van der Waals surface area contributed by atoms with Crippen molar-refractivity contribution < 1.29 is 8.95 Å². The summed E-state index contributed by atoms with van der Waals surface area (Å²) in [4.78, 5) is 0. The van der Waals surface area contributed by atoms with Crippen LogP contribution in [0, 0.1) is 0 Å². The summed E-state index contributed by atoms with van der Waals surface area (Å²) < 4.78 is 14.6. The Morgan fingerprint density at radius 1 is 1.67 bits per heavy atom. The first-order valence-corrected chi connectivity index (χ1v) is 2.87. The van der Waals surface area contributed by atoms with E-state index in [1.807, 2.05) is 0 Å². The van der Waals surface area contributed by atoms with Gasteiger partial charge in [-0.25, -0.2) is 0 Å². The van der Waals surface area contributed by atoms with Crippen molar-refractivity contribution >= 4 is 11.7 Å². The van der Waals surface area contributed by atoms with Gasteiger partial charge in [-0.3, -0.25) is 4.21 Å². The van der Waals surface area contributed by atoms with E-state index in [0.717, 1.165) is 0 Å². The van der Waals surface area contributed by atoms with Gasteiger partial charge >= 0.3 is 0 Å². The van der Waals surface area contributed by atoms with Gasteiger partial charge in [0.2, 0.25) is 0 Å². The molecule has 1 rings (SSSR count). The number of rotatable bonds is 1. The highest BCUT2D eigenvalue weighted by atomic mass is 32.1. The Kier molecular flexibility index (Phi) is 1.22.